The van der Waals surface area contributed by atoms with Gasteiger partial charge in [0.1, 0.15) is 12.7 Å². The summed E-state index contributed by atoms with van der Waals surface area (Å²) < 4.78 is 3.46. The standard InChI is InChI=1S/C14H18N12/c1-23(2)11-9-13(17-7-15-11)25(21-19-9)5-6-26-14-10(20-22-26)12(24(3)4)16-8-18-14/h7-8H,5-6H2,1-4H3. The van der Waals surface area contributed by atoms with Crippen LogP contribution in [0.5, 0.6) is 0 Å². The maximum absolute atomic E-state index is 4.31. The summed E-state index contributed by atoms with van der Waals surface area (Å²) in [5.41, 5.74) is 2.68. The van der Waals surface area contributed by atoms with Crippen molar-refractivity contribution in [1.29, 1.82) is 0 Å². The number of rotatable bonds is 5. The zero-order valence-electron chi connectivity index (χ0n) is 14.9. The van der Waals surface area contributed by atoms with Gasteiger partial charge in [-0.25, -0.2) is 29.3 Å². The van der Waals surface area contributed by atoms with Gasteiger partial charge in [0.25, 0.3) is 0 Å². The van der Waals surface area contributed by atoms with Crippen molar-refractivity contribution in [1.82, 2.24) is 49.9 Å². The first-order valence-electron chi connectivity index (χ1n) is 7.99. The Morgan fingerprint density at radius 1 is 0.692 bits per heavy atom. The Morgan fingerprint density at radius 3 is 1.50 bits per heavy atom. The minimum absolute atomic E-state index is 0.528. The van der Waals surface area contributed by atoms with Gasteiger partial charge in [-0.2, -0.15) is 0 Å². The molecule has 12 nitrogen and oxygen atoms in total. The number of aromatic nitrogens is 10. The van der Waals surface area contributed by atoms with Crippen LogP contribution >= 0.6 is 0 Å². The smallest absolute Gasteiger partial charge is 0.183 e. The van der Waals surface area contributed by atoms with Gasteiger partial charge in [0.2, 0.25) is 0 Å². The van der Waals surface area contributed by atoms with Gasteiger partial charge in [-0.15, -0.1) is 10.2 Å². The van der Waals surface area contributed by atoms with Crippen molar-refractivity contribution in [3.8, 4) is 0 Å². The van der Waals surface area contributed by atoms with Gasteiger partial charge >= 0.3 is 0 Å². The fourth-order valence-corrected chi connectivity index (χ4v) is 2.71. The van der Waals surface area contributed by atoms with E-state index < -0.39 is 0 Å². The van der Waals surface area contributed by atoms with Gasteiger partial charge in [0.15, 0.2) is 34.0 Å². The molecule has 134 valence electrons. The third-order valence-corrected chi connectivity index (χ3v) is 3.93. The Labute approximate surface area is 148 Å². The fraction of sp³-hybridized carbons (Fsp3) is 0.429. The SMILES string of the molecule is CN(C)c1ncnc2c1nnn2CCn1nnc2c(N(C)C)ncnc21. The Morgan fingerprint density at radius 2 is 1.12 bits per heavy atom. The van der Waals surface area contributed by atoms with Crippen LogP contribution in [0.1, 0.15) is 0 Å². The first-order chi connectivity index (χ1) is 12.6. The molecule has 4 heterocycles. The lowest BCUT2D eigenvalue weighted by Gasteiger charge is -2.10. The van der Waals surface area contributed by atoms with Crippen molar-refractivity contribution in [3.05, 3.63) is 12.7 Å². The van der Waals surface area contributed by atoms with E-state index in [4.69, 9.17) is 0 Å². The Bertz CT molecular complexity index is 976. The highest BCUT2D eigenvalue weighted by atomic mass is 15.5. The van der Waals surface area contributed by atoms with Crippen molar-refractivity contribution >= 4 is 34.0 Å². The number of hydrogen-bond donors (Lipinski definition) is 0. The lowest BCUT2D eigenvalue weighted by atomic mass is 10.4. The molecule has 4 aromatic rings. The molecule has 0 aliphatic rings. The van der Waals surface area contributed by atoms with Crippen molar-refractivity contribution in [2.75, 3.05) is 38.0 Å². The molecule has 0 aliphatic heterocycles. The molecule has 12 heteroatoms. The third kappa shape index (κ3) is 2.55. The van der Waals surface area contributed by atoms with E-state index >= 15 is 0 Å². The van der Waals surface area contributed by atoms with Crippen LogP contribution in [-0.4, -0.2) is 78.1 Å². The van der Waals surface area contributed by atoms with Crippen molar-refractivity contribution in [2.45, 2.75) is 13.1 Å². The molecule has 0 radical (unpaired) electrons. The average molecular weight is 354 g/mol. The van der Waals surface area contributed by atoms with Crippen LogP contribution in [0.4, 0.5) is 11.6 Å². The van der Waals surface area contributed by atoms with Gasteiger partial charge in [-0.05, 0) is 0 Å². The molecule has 0 aromatic carbocycles. The van der Waals surface area contributed by atoms with E-state index in [1.807, 2.05) is 38.0 Å². The second-order valence-corrected chi connectivity index (χ2v) is 6.15. The highest BCUT2D eigenvalue weighted by Gasteiger charge is 2.15. The molecule has 0 atom stereocenters. The first kappa shape index (κ1) is 16.1. The number of hydrogen-bond acceptors (Lipinski definition) is 10. The molecule has 0 fully saturated rings. The van der Waals surface area contributed by atoms with E-state index in [-0.39, 0.29) is 0 Å². The summed E-state index contributed by atoms with van der Waals surface area (Å²) in [6.07, 6.45) is 3.03. The average Bonchev–Trinajstić information content (AvgIpc) is 3.23. The minimum Gasteiger partial charge on any atom is -0.361 e. The van der Waals surface area contributed by atoms with Crippen molar-refractivity contribution in [3.63, 3.8) is 0 Å². The molecule has 0 saturated heterocycles. The Kier molecular flexibility index (Phi) is 3.78. The summed E-state index contributed by atoms with van der Waals surface area (Å²) in [4.78, 5) is 20.9. The predicted molar refractivity (Wildman–Crippen MR) is 94.9 cm³/mol. The predicted octanol–water partition coefficient (Wildman–Crippen LogP) is -0.412. The highest BCUT2D eigenvalue weighted by Crippen LogP contribution is 2.19. The second kappa shape index (κ2) is 6.13. The summed E-state index contributed by atoms with van der Waals surface area (Å²) in [5, 5.41) is 16.8. The topological polar surface area (TPSA) is 119 Å². The van der Waals surface area contributed by atoms with E-state index in [1.165, 1.54) is 12.7 Å². The van der Waals surface area contributed by atoms with Crippen LogP contribution in [0.3, 0.4) is 0 Å². The number of fused-ring (bicyclic) bond motifs is 2. The van der Waals surface area contributed by atoms with E-state index in [9.17, 15) is 0 Å². The van der Waals surface area contributed by atoms with Crippen LogP contribution in [0.25, 0.3) is 22.3 Å². The highest BCUT2D eigenvalue weighted by molar-refractivity contribution is 5.83. The molecular weight excluding hydrogens is 336 g/mol. The van der Waals surface area contributed by atoms with Gasteiger partial charge in [0, 0.05) is 28.2 Å². The van der Waals surface area contributed by atoms with Crippen molar-refractivity contribution in [2.24, 2.45) is 0 Å². The van der Waals surface area contributed by atoms with Crippen LogP contribution < -0.4 is 9.80 Å². The summed E-state index contributed by atoms with van der Waals surface area (Å²) in [7, 11) is 7.63. The minimum atomic E-state index is 0.528. The van der Waals surface area contributed by atoms with Crippen LogP contribution in [0.2, 0.25) is 0 Å². The quantitative estimate of drug-likeness (QED) is 0.467. The monoisotopic (exact) mass is 354 g/mol. The summed E-state index contributed by atoms with van der Waals surface area (Å²) >= 11 is 0. The molecule has 0 spiro atoms. The zero-order valence-corrected chi connectivity index (χ0v) is 14.9. The summed E-state index contributed by atoms with van der Waals surface area (Å²) in [6.45, 7) is 1.06. The van der Waals surface area contributed by atoms with E-state index in [1.54, 1.807) is 9.36 Å². The van der Waals surface area contributed by atoms with E-state index in [0.29, 0.717) is 35.4 Å². The zero-order chi connectivity index (χ0) is 18.3. The normalized spacial score (nSPS) is 11.4. The van der Waals surface area contributed by atoms with Gasteiger partial charge in [-0.1, -0.05) is 10.4 Å². The van der Waals surface area contributed by atoms with Crippen molar-refractivity contribution < 1.29 is 0 Å². The molecule has 4 rings (SSSR count). The number of anilines is 2. The van der Waals surface area contributed by atoms with Crippen LogP contribution in [0.15, 0.2) is 12.7 Å². The third-order valence-electron chi connectivity index (χ3n) is 3.93. The first-order valence-corrected chi connectivity index (χ1v) is 7.99. The largest absolute Gasteiger partial charge is 0.361 e. The lowest BCUT2D eigenvalue weighted by Crippen LogP contribution is -2.13. The molecule has 0 amide bonds. The molecule has 0 bridgehead atoms. The molecule has 0 N–H and O–H groups in total. The van der Waals surface area contributed by atoms with Crippen LogP contribution in [0, 0.1) is 0 Å². The molecule has 26 heavy (non-hydrogen) atoms. The Hall–Kier alpha value is -3.44. The maximum Gasteiger partial charge on any atom is 0.183 e. The molecule has 0 aliphatic carbocycles. The number of nitrogens with zero attached hydrogens (tertiary/aromatic N) is 12. The summed E-state index contributed by atoms with van der Waals surface area (Å²) in [5.74, 6) is 1.46. The van der Waals surface area contributed by atoms with E-state index in [0.717, 1.165) is 11.6 Å². The molecule has 0 unspecified atom stereocenters. The van der Waals surface area contributed by atoms with Gasteiger partial charge in [-0.3, -0.25) is 0 Å². The van der Waals surface area contributed by atoms with Gasteiger partial charge in [0.05, 0.1) is 13.1 Å². The Balaban J connectivity index is 1.64. The second-order valence-electron chi connectivity index (χ2n) is 6.15. The lowest BCUT2D eigenvalue weighted by molar-refractivity contribution is 0.494. The molecular formula is C14H18N12. The van der Waals surface area contributed by atoms with E-state index in [2.05, 4.69) is 40.6 Å². The summed E-state index contributed by atoms with van der Waals surface area (Å²) in [6, 6.07) is 0. The maximum atomic E-state index is 4.31. The van der Waals surface area contributed by atoms with Gasteiger partial charge < -0.3 is 9.80 Å². The fourth-order valence-electron chi connectivity index (χ4n) is 2.71. The number of aryl methyl sites for hydroxylation is 2. The molecule has 0 saturated carbocycles. The molecule has 4 aromatic heterocycles. The van der Waals surface area contributed by atoms with Crippen LogP contribution in [-0.2, 0) is 13.1 Å².